The number of hydrogen-bond acceptors (Lipinski definition) is 5. The number of aryl methyl sites for hydroxylation is 1. The molecular weight excluding hydrogens is 320 g/mol. The Hall–Kier alpha value is -2.82. The lowest BCUT2D eigenvalue weighted by Gasteiger charge is -2.15. The second-order valence-electron chi connectivity index (χ2n) is 5.53. The van der Waals surface area contributed by atoms with Crippen molar-refractivity contribution in [1.82, 2.24) is 0 Å². The van der Waals surface area contributed by atoms with E-state index in [1.54, 1.807) is 31.2 Å². The second-order valence-corrected chi connectivity index (χ2v) is 5.53. The fraction of sp³-hybridized carbons (Fsp3) is 0.300. The number of rotatable bonds is 7. The summed E-state index contributed by atoms with van der Waals surface area (Å²) in [5.74, 6) is -0.0284. The SMILES string of the molecule is CCc1ccc(C(=O)[C@@H](C)OC(=O)c2cc(OC)ccc2OC)cc1. The standard InChI is InChI=1S/C20H22O5/c1-5-14-6-8-15(9-7-14)19(21)13(2)25-20(22)17-12-16(23-3)10-11-18(17)24-4/h6-13H,5H2,1-4H3/t13-/m1/s1. The minimum Gasteiger partial charge on any atom is -0.497 e. The van der Waals surface area contributed by atoms with Crippen molar-refractivity contribution >= 4 is 11.8 Å². The molecule has 1 atom stereocenters. The van der Waals surface area contributed by atoms with Crippen LogP contribution in [0.25, 0.3) is 0 Å². The number of esters is 1. The van der Waals surface area contributed by atoms with E-state index in [4.69, 9.17) is 14.2 Å². The van der Waals surface area contributed by atoms with Crippen LogP contribution in [0, 0.1) is 0 Å². The summed E-state index contributed by atoms with van der Waals surface area (Å²) in [6.07, 6.45) is -0.00912. The Morgan fingerprint density at radius 3 is 2.24 bits per heavy atom. The van der Waals surface area contributed by atoms with E-state index in [1.165, 1.54) is 20.3 Å². The van der Waals surface area contributed by atoms with Crippen LogP contribution < -0.4 is 9.47 Å². The Bertz CT molecular complexity index is 749. The highest BCUT2D eigenvalue weighted by Gasteiger charge is 2.23. The molecule has 0 amide bonds. The zero-order valence-electron chi connectivity index (χ0n) is 14.9. The van der Waals surface area contributed by atoms with E-state index in [1.807, 2.05) is 19.1 Å². The van der Waals surface area contributed by atoms with Gasteiger partial charge in [0.1, 0.15) is 17.1 Å². The number of carbonyl (C=O) groups excluding carboxylic acids is 2. The third-order valence-electron chi connectivity index (χ3n) is 3.93. The summed E-state index contributed by atoms with van der Waals surface area (Å²) in [5, 5.41) is 0. The quantitative estimate of drug-likeness (QED) is 0.567. The van der Waals surface area contributed by atoms with Crippen LogP contribution in [0.5, 0.6) is 11.5 Å². The molecule has 0 bridgehead atoms. The maximum atomic E-state index is 12.5. The van der Waals surface area contributed by atoms with Gasteiger partial charge in [0.05, 0.1) is 14.2 Å². The van der Waals surface area contributed by atoms with Crippen molar-refractivity contribution in [1.29, 1.82) is 0 Å². The van der Waals surface area contributed by atoms with Crippen molar-refractivity contribution in [3.8, 4) is 11.5 Å². The van der Waals surface area contributed by atoms with Crippen molar-refractivity contribution in [3.05, 3.63) is 59.2 Å². The molecular formula is C20H22O5. The molecule has 25 heavy (non-hydrogen) atoms. The fourth-order valence-corrected chi connectivity index (χ4v) is 2.39. The zero-order chi connectivity index (χ0) is 18.4. The first-order valence-corrected chi connectivity index (χ1v) is 8.06. The van der Waals surface area contributed by atoms with Gasteiger partial charge in [-0.2, -0.15) is 0 Å². The van der Waals surface area contributed by atoms with Crippen LogP contribution in [0.15, 0.2) is 42.5 Å². The lowest BCUT2D eigenvalue weighted by molar-refractivity contribution is 0.0315. The molecule has 0 N–H and O–H groups in total. The number of hydrogen-bond donors (Lipinski definition) is 0. The molecule has 0 fully saturated rings. The molecule has 0 saturated carbocycles. The molecule has 0 radical (unpaired) electrons. The first kappa shape index (κ1) is 18.5. The first-order valence-electron chi connectivity index (χ1n) is 8.06. The summed E-state index contributed by atoms with van der Waals surface area (Å²) in [6.45, 7) is 3.60. The Morgan fingerprint density at radius 2 is 1.68 bits per heavy atom. The van der Waals surface area contributed by atoms with Gasteiger partial charge in [-0.1, -0.05) is 31.2 Å². The molecule has 132 valence electrons. The highest BCUT2D eigenvalue weighted by Crippen LogP contribution is 2.25. The molecule has 0 aromatic heterocycles. The Kier molecular flexibility index (Phi) is 6.17. The van der Waals surface area contributed by atoms with Gasteiger partial charge in [-0.15, -0.1) is 0 Å². The largest absolute Gasteiger partial charge is 0.497 e. The van der Waals surface area contributed by atoms with Gasteiger partial charge in [-0.05, 0) is 37.1 Å². The molecule has 5 heteroatoms. The number of ether oxygens (including phenoxy) is 3. The molecule has 0 aliphatic heterocycles. The topological polar surface area (TPSA) is 61.8 Å². The number of ketones is 1. The highest BCUT2D eigenvalue weighted by molar-refractivity contribution is 6.02. The smallest absolute Gasteiger partial charge is 0.342 e. The van der Waals surface area contributed by atoms with Gasteiger partial charge in [0.2, 0.25) is 5.78 Å². The van der Waals surface area contributed by atoms with E-state index in [-0.39, 0.29) is 11.3 Å². The molecule has 0 heterocycles. The molecule has 2 aromatic carbocycles. The highest BCUT2D eigenvalue weighted by atomic mass is 16.5. The first-order chi connectivity index (χ1) is 12.0. The van der Waals surface area contributed by atoms with Gasteiger partial charge in [0.15, 0.2) is 6.10 Å². The van der Waals surface area contributed by atoms with Gasteiger partial charge in [-0.3, -0.25) is 4.79 Å². The lowest BCUT2D eigenvalue weighted by atomic mass is 10.0. The third-order valence-corrected chi connectivity index (χ3v) is 3.93. The summed E-state index contributed by atoms with van der Waals surface area (Å²) >= 11 is 0. The van der Waals surface area contributed by atoms with Crippen LogP contribution in [0.1, 0.15) is 40.1 Å². The summed E-state index contributed by atoms with van der Waals surface area (Å²) in [4.78, 5) is 24.9. The molecule has 2 aromatic rings. The van der Waals surface area contributed by atoms with Crippen LogP contribution in [0.2, 0.25) is 0 Å². The molecule has 0 unspecified atom stereocenters. The maximum absolute atomic E-state index is 12.5. The molecule has 5 nitrogen and oxygen atoms in total. The van der Waals surface area contributed by atoms with Crippen molar-refractivity contribution in [2.24, 2.45) is 0 Å². The van der Waals surface area contributed by atoms with E-state index in [0.29, 0.717) is 17.1 Å². The Labute approximate surface area is 147 Å². The van der Waals surface area contributed by atoms with Crippen LogP contribution in [0.3, 0.4) is 0 Å². The molecule has 0 aliphatic carbocycles. The number of carbonyl (C=O) groups is 2. The lowest BCUT2D eigenvalue weighted by Crippen LogP contribution is -2.24. The second kappa shape index (κ2) is 8.33. The van der Waals surface area contributed by atoms with E-state index in [9.17, 15) is 9.59 Å². The monoisotopic (exact) mass is 342 g/mol. The van der Waals surface area contributed by atoms with Gasteiger partial charge in [0, 0.05) is 5.56 Å². The van der Waals surface area contributed by atoms with Crippen molar-refractivity contribution in [3.63, 3.8) is 0 Å². The van der Waals surface area contributed by atoms with Gasteiger partial charge in [0.25, 0.3) is 0 Å². The number of Topliss-reactive ketones (excluding diaryl/α,β-unsaturated/α-hetero) is 1. The van der Waals surface area contributed by atoms with Gasteiger partial charge < -0.3 is 14.2 Å². The van der Waals surface area contributed by atoms with E-state index < -0.39 is 12.1 Å². The summed E-state index contributed by atoms with van der Waals surface area (Å²) < 4.78 is 15.6. The van der Waals surface area contributed by atoms with Crippen LogP contribution in [-0.4, -0.2) is 32.1 Å². The van der Waals surface area contributed by atoms with E-state index in [2.05, 4.69) is 0 Å². The molecule has 0 aliphatic rings. The number of benzene rings is 2. The van der Waals surface area contributed by atoms with Gasteiger partial charge in [-0.25, -0.2) is 4.79 Å². The summed E-state index contributed by atoms with van der Waals surface area (Å²) in [5.41, 5.74) is 1.86. The minimum absolute atomic E-state index is 0.211. The van der Waals surface area contributed by atoms with Crippen LogP contribution in [-0.2, 0) is 11.2 Å². The Balaban J connectivity index is 2.14. The van der Waals surface area contributed by atoms with E-state index >= 15 is 0 Å². The predicted octanol–water partition coefficient (Wildman–Crippen LogP) is 3.69. The summed E-state index contributed by atoms with van der Waals surface area (Å²) in [6, 6.07) is 12.1. The molecule has 2 rings (SSSR count). The van der Waals surface area contributed by atoms with Crippen molar-refractivity contribution < 1.29 is 23.8 Å². The maximum Gasteiger partial charge on any atom is 0.342 e. The van der Waals surface area contributed by atoms with Crippen LogP contribution >= 0.6 is 0 Å². The minimum atomic E-state index is -0.907. The molecule has 0 spiro atoms. The van der Waals surface area contributed by atoms with Gasteiger partial charge >= 0.3 is 5.97 Å². The van der Waals surface area contributed by atoms with Crippen molar-refractivity contribution in [2.75, 3.05) is 14.2 Å². The third kappa shape index (κ3) is 4.38. The zero-order valence-corrected chi connectivity index (χ0v) is 14.9. The predicted molar refractivity (Wildman–Crippen MR) is 94.6 cm³/mol. The fourth-order valence-electron chi connectivity index (χ4n) is 2.39. The van der Waals surface area contributed by atoms with E-state index in [0.717, 1.165) is 12.0 Å². The van der Waals surface area contributed by atoms with Crippen molar-refractivity contribution in [2.45, 2.75) is 26.4 Å². The Morgan fingerprint density at radius 1 is 1.00 bits per heavy atom. The average Bonchev–Trinajstić information content (AvgIpc) is 2.66. The summed E-state index contributed by atoms with van der Waals surface area (Å²) in [7, 11) is 2.96. The normalized spacial score (nSPS) is 11.5. The van der Waals surface area contributed by atoms with Crippen LogP contribution in [0.4, 0.5) is 0 Å². The average molecular weight is 342 g/mol. The molecule has 0 saturated heterocycles. The number of methoxy groups -OCH3 is 2.